The average Bonchev–Trinajstić information content (AvgIpc) is 2.29. The van der Waals surface area contributed by atoms with Crippen molar-refractivity contribution in [2.75, 3.05) is 13.2 Å². The predicted octanol–water partition coefficient (Wildman–Crippen LogP) is 1.45. The number of nitrogens with one attached hydrogen (secondary N) is 2. The summed E-state index contributed by atoms with van der Waals surface area (Å²) in [5, 5.41) is 6.41. The maximum atomic E-state index is 11.5. The van der Waals surface area contributed by atoms with Crippen molar-refractivity contribution in [3.8, 4) is 0 Å². The molecule has 1 amide bonds. The Bertz CT molecular complexity index is 233. The van der Waals surface area contributed by atoms with Crippen molar-refractivity contribution < 1.29 is 9.53 Å². The monoisotopic (exact) mass is 242 g/mol. The number of rotatable bonds is 6. The minimum absolute atomic E-state index is 0.145. The van der Waals surface area contributed by atoms with E-state index in [0.29, 0.717) is 18.6 Å². The molecule has 0 aromatic rings. The van der Waals surface area contributed by atoms with Gasteiger partial charge in [-0.15, -0.1) is 0 Å². The molecule has 0 spiro atoms. The van der Waals surface area contributed by atoms with E-state index in [9.17, 15) is 4.79 Å². The lowest BCUT2D eigenvalue weighted by Crippen LogP contribution is -2.40. The van der Waals surface area contributed by atoms with E-state index in [1.54, 1.807) is 0 Å². The fourth-order valence-corrected chi connectivity index (χ4v) is 2.02. The Morgan fingerprint density at radius 1 is 1.53 bits per heavy atom. The van der Waals surface area contributed by atoms with E-state index in [1.807, 2.05) is 6.92 Å². The van der Waals surface area contributed by atoms with Crippen LogP contribution in [-0.4, -0.2) is 37.2 Å². The molecular formula is C13H26N2O2. The summed E-state index contributed by atoms with van der Waals surface area (Å²) in [7, 11) is 0. The number of carbonyl (C=O) groups excluding carboxylic acids is 1. The maximum Gasteiger partial charge on any atom is 0.221 e. The Balaban J connectivity index is 2.08. The molecule has 1 rings (SSSR count). The van der Waals surface area contributed by atoms with Gasteiger partial charge in [0.1, 0.15) is 0 Å². The third kappa shape index (κ3) is 6.03. The van der Waals surface area contributed by atoms with Crippen molar-refractivity contribution in [3.63, 3.8) is 0 Å². The third-order valence-corrected chi connectivity index (χ3v) is 3.29. The van der Waals surface area contributed by atoms with Crippen LogP contribution in [0.2, 0.25) is 0 Å². The number of amides is 1. The van der Waals surface area contributed by atoms with Gasteiger partial charge in [-0.3, -0.25) is 4.79 Å². The van der Waals surface area contributed by atoms with E-state index in [4.69, 9.17) is 4.74 Å². The summed E-state index contributed by atoms with van der Waals surface area (Å²) < 4.78 is 5.48. The highest BCUT2D eigenvalue weighted by atomic mass is 16.5. The van der Waals surface area contributed by atoms with Gasteiger partial charge in [-0.25, -0.2) is 0 Å². The summed E-state index contributed by atoms with van der Waals surface area (Å²) in [5.74, 6) is 0.145. The second kappa shape index (κ2) is 7.67. The Labute approximate surface area is 104 Å². The van der Waals surface area contributed by atoms with E-state index in [0.717, 1.165) is 32.4 Å². The molecule has 1 aliphatic rings. The van der Waals surface area contributed by atoms with Gasteiger partial charge in [-0.05, 0) is 33.1 Å². The maximum absolute atomic E-state index is 11.5. The van der Waals surface area contributed by atoms with Gasteiger partial charge in [-0.2, -0.15) is 0 Å². The second-order valence-corrected chi connectivity index (χ2v) is 4.98. The van der Waals surface area contributed by atoms with Crippen LogP contribution in [0.25, 0.3) is 0 Å². The van der Waals surface area contributed by atoms with Crippen LogP contribution in [0.5, 0.6) is 0 Å². The molecule has 4 nitrogen and oxygen atoms in total. The highest BCUT2D eigenvalue weighted by molar-refractivity contribution is 5.76. The summed E-state index contributed by atoms with van der Waals surface area (Å²) in [6.45, 7) is 7.80. The van der Waals surface area contributed by atoms with Gasteiger partial charge < -0.3 is 15.4 Å². The Morgan fingerprint density at radius 2 is 2.29 bits per heavy atom. The van der Waals surface area contributed by atoms with Crippen LogP contribution in [0.15, 0.2) is 0 Å². The lowest BCUT2D eigenvalue weighted by Gasteiger charge is -2.28. The normalized spacial score (nSPS) is 26.5. The summed E-state index contributed by atoms with van der Waals surface area (Å²) >= 11 is 0. The smallest absolute Gasteiger partial charge is 0.221 e. The summed E-state index contributed by atoms with van der Waals surface area (Å²) in [6, 6.07) is 0.792. The minimum atomic E-state index is 0.145. The van der Waals surface area contributed by atoms with Crippen LogP contribution in [0, 0.1) is 0 Å². The van der Waals surface area contributed by atoms with Crippen molar-refractivity contribution in [1.29, 1.82) is 0 Å². The molecule has 1 fully saturated rings. The lowest BCUT2D eigenvalue weighted by atomic mass is 10.0. The first kappa shape index (κ1) is 14.5. The van der Waals surface area contributed by atoms with E-state index in [-0.39, 0.29) is 11.9 Å². The zero-order valence-corrected chi connectivity index (χ0v) is 11.3. The molecule has 0 radical (unpaired) electrons. The fourth-order valence-electron chi connectivity index (χ4n) is 2.02. The largest absolute Gasteiger partial charge is 0.378 e. The van der Waals surface area contributed by atoms with E-state index >= 15 is 0 Å². The molecular weight excluding hydrogens is 216 g/mol. The van der Waals surface area contributed by atoms with Crippen molar-refractivity contribution in [2.45, 2.75) is 64.6 Å². The highest BCUT2D eigenvalue weighted by Crippen LogP contribution is 2.12. The molecule has 0 aromatic carbocycles. The second-order valence-electron chi connectivity index (χ2n) is 4.98. The molecule has 0 aliphatic carbocycles. The molecule has 0 saturated carbocycles. The quantitative estimate of drug-likeness (QED) is 0.741. The molecule has 1 aliphatic heterocycles. The highest BCUT2D eigenvalue weighted by Gasteiger charge is 2.18. The summed E-state index contributed by atoms with van der Waals surface area (Å²) in [6.07, 6.45) is 3.99. The molecule has 17 heavy (non-hydrogen) atoms. The lowest BCUT2D eigenvalue weighted by molar-refractivity contribution is -0.121. The number of carbonyl (C=O) groups is 1. The molecule has 1 heterocycles. The van der Waals surface area contributed by atoms with Crippen molar-refractivity contribution in [2.24, 2.45) is 0 Å². The SMILES string of the molecule is CCC(C)NC(=O)CCNC1CCOC(C)C1. The summed E-state index contributed by atoms with van der Waals surface area (Å²) in [5.41, 5.74) is 0. The standard InChI is InChI=1S/C13H26N2O2/c1-4-10(2)15-13(16)5-7-14-12-6-8-17-11(3)9-12/h10-12,14H,4-9H2,1-3H3,(H,15,16). The van der Waals surface area contributed by atoms with Gasteiger partial charge in [0.25, 0.3) is 0 Å². The van der Waals surface area contributed by atoms with Gasteiger partial charge in [-0.1, -0.05) is 6.92 Å². The van der Waals surface area contributed by atoms with Crippen LogP contribution in [-0.2, 0) is 9.53 Å². The van der Waals surface area contributed by atoms with Gasteiger partial charge in [0.15, 0.2) is 0 Å². The van der Waals surface area contributed by atoms with Crippen LogP contribution >= 0.6 is 0 Å². The summed E-state index contributed by atoms with van der Waals surface area (Å²) in [4.78, 5) is 11.5. The van der Waals surface area contributed by atoms with Crippen molar-refractivity contribution >= 4 is 5.91 Å². The molecule has 4 heteroatoms. The molecule has 2 N–H and O–H groups in total. The molecule has 1 saturated heterocycles. The number of ether oxygens (including phenoxy) is 1. The van der Waals surface area contributed by atoms with E-state index in [1.165, 1.54) is 0 Å². The van der Waals surface area contributed by atoms with Gasteiger partial charge in [0, 0.05) is 31.7 Å². The topological polar surface area (TPSA) is 50.4 Å². The van der Waals surface area contributed by atoms with Crippen LogP contribution < -0.4 is 10.6 Å². The van der Waals surface area contributed by atoms with E-state index < -0.39 is 0 Å². The molecule has 3 unspecified atom stereocenters. The zero-order valence-electron chi connectivity index (χ0n) is 11.3. The molecule has 3 atom stereocenters. The predicted molar refractivity (Wildman–Crippen MR) is 69.0 cm³/mol. The number of hydrogen-bond donors (Lipinski definition) is 2. The van der Waals surface area contributed by atoms with Gasteiger partial charge >= 0.3 is 0 Å². The van der Waals surface area contributed by atoms with Crippen molar-refractivity contribution in [1.82, 2.24) is 10.6 Å². The van der Waals surface area contributed by atoms with Crippen LogP contribution in [0.4, 0.5) is 0 Å². The van der Waals surface area contributed by atoms with Crippen LogP contribution in [0.1, 0.15) is 46.5 Å². The average molecular weight is 242 g/mol. The van der Waals surface area contributed by atoms with Crippen LogP contribution in [0.3, 0.4) is 0 Å². The molecule has 0 aromatic heterocycles. The van der Waals surface area contributed by atoms with Crippen molar-refractivity contribution in [3.05, 3.63) is 0 Å². The first-order chi connectivity index (χ1) is 8.11. The van der Waals surface area contributed by atoms with E-state index in [2.05, 4.69) is 24.5 Å². The first-order valence-electron chi connectivity index (χ1n) is 6.76. The molecule has 100 valence electrons. The molecule has 0 bridgehead atoms. The third-order valence-electron chi connectivity index (χ3n) is 3.29. The fraction of sp³-hybridized carbons (Fsp3) is 0.923. The van der Waals surface area contributed by atoms with Gasteiger partial charge in [0.05, 0.1) is 6.10 Å². The Kier molecular flexibility index (Phi) is 6.52. The first-order valence-corrected chi connectivity index (χ1v) is 6.76. The minimum Gasteiger partial charge on any atom is -0.378 e. The Morgan fingerprint density at radius 3 is 2.94 bits per heavy atom. The zero-order chi connectivity index (χ0) is 12.7. The number of hydrogen-bond acceptors (Lipinski definition) is 3. The Hall–Kier alpha value is -0.610. The van der Waals surface area contributed by atoms with Gasteiger partial charge in [0.2, 0.25) is 5.91 Å².